The standard InChI is InChI=1S/C31H52N6O11/c1-2-32-27(39)20-35-29(41)22-37-30(42)23-36-28(40)21-34-26(38)10-12-44-14-16-46-18-19-47-17-15-45-13-11-33-31(43)24-48-25-8-6-4-3-5-7-9-25/h25H,2-6,8,10-24H2,1H3,(H,32,39)(H,33,43)(H,34,38)(H,35,41)(H,36,40)(H,37,42). The SMILES string of the molecule is CCNC(=O)CNC(=O)CNC(=O)CNC(=O)CNC(=O)CCOCCOCCOCCOCCNC(=O)COC1C#CCCCCC1. The zero-order valence-corrected chi connectivity index (χ0v) is 27.9. The highest BCUT2D eigenvalue weighted by Gasteiger charge is 2.11. The number of carbonyl (C=O) groups is 6. The molecule has 1 aliphatic rings. The highest BCUT2D eigenvalue weighted by Crippen LogP contribution is 2.10. The van der Waals surface area contributed by atoms with E-state index in [1.807, 2.05) is 0 Å². The van der Waals surface area contributed by atoms with E-state index < -0.39 is 23.6 Å². The molecule has 6 amide bonds. The van der Waals surface area contributed by atoms with Gasteiger partial charge in [0, 0.05) is 25.9 Å². The van der Waals surface area contributed by atoms with Gasteiger partial charge in [0.25, 0.3) is 0 Å². The van der Waals surface area contributed by atoms with Gasteiger partial charge in [0.15, 0.2) is 0 Å². The molecule has 0 radical (unpaired) electrons. The molecule has 0 heterocycles. The lowest BCUT2D eigenvalue weighted by Gasteiger charge is -2.13. The molecule has 272 valence electrons. The van der Waals surface area contributed by atoms with Crippen LogP contribution in [0.4, 0.5) is 0 Å². The van der Waals surface area contributed by atoms with Gasteiger partial charge < -0.3 is 55.6 Å². The van der Waals surface area contributed by atoms with Gasteiger partial charge in [0.05, 0.1) is 79.0 Å². The minimum atomic E-state index is -0.605. The maximum atomic E-state index is 11.9. The lowest BCUT2D eigenvalue weighted by molar-refractivity contribution is -0.129. The van der Waals surface area contributed by atoms with E-state index in [-0.39, 0.29) is 70.3 Å². The Morgan fingerprint density at radius 2 is 1.06 bits per heavy atom. The molecule has 0 saturated carbocycles. The molecular formula is C31H52N6O11. The van der Waals surface area contributed by atoms with Crippen LogP contribution in [-0.2, 0) is 52.5 Å². The fourth-order valence-corrected chi connectivity index (χ4v) is 3.77. The van der Waals surface area contributed by atoms with E-state index in [0.717, 1.165) is 32.1 Å². The van der Waals surface area contributed by atoms with Crippen molar-refractivity contribution in [2.45, 2.75) is 51.6 Å². The number of hydrogen-bond donors (Lipinski definition) is 6. The van der Waals surface area contributed by atoms with E-state index in [2.05, 4.69) is 43.7 Å². The summed E-state index contributed by atoms with van der Waals surface area (Å²) in [4.78, 5) is 70.2. The number of nitrogens with one attached hydrogen (secondary N) is 6. The van der Waals surface area contributed by atoms with Crippen LogP contribution in [0.3, 0.4) is 0 Å². The van der Waals surface area contributed by atoms with E-state index >= 15 is 0 Å². The first-order valence-electron chi connectivity index (χ1n) is 16.3. The minimum Gasteiger partial charge on any atom is -0.379 e. The summed E-state index contributed by atoms with van der Waals surface area (Å²) in [6.07, 6.45) is 4.94. The average Bonchev–Trinajstić information content (AvgIpc) is 3.05. The third-order valence-electron chi connectivity index (χ3n) is 6.26. The first kappa shape index (κ1) is 42.2. The van der Waals surface area contributed by atoms with Gasteiger partial charge in [0.1, 0.15) is 12.7 Å². The van der Waals surface area contributed by atoms with Crippen molar-refractivity contribution in [1.82, 2.24) is 31.9 Å². The molecule has 0 fully saturated rings. The lowest BCUT2D eigenvalue weighted by atomic mass is 10.1. The highest BCUT2D eigenvalue weighted by molar-refractivity contribution is 5.91. The van der Waals surface area contributed by atoms with Gasteiger partial charge in [0.2, 0.25) is 35.4 Å². The van der Waals surface area contributed by atoms with Crippen molar-refractivity contribution in [3.05, 3.63) is 0 Å². The van der Waals surface area contributed by atoms with Crippen LogP contribution in [0.25, 0.3) is 0 Å². The Balaban J connectivity index is 1.85. The highest BCUT2D eigenvalue weighted by atomic mass is 16.6. The summed E-state index contributed by atoms with van der Waals surface area (Å²) in [5.41, 5.74) is 0. The Hall–Kier alpha value is -3.82. The van der Waals surface area contributed by atoms with Crippen LogP contribution in [0.15, 0.2) is 0 Å². The minimum absolute atomic E-state index is 0.00984. The zero-order valence-electron chi connectivity index (χ0n) is 27.9. The Bertz CT molecular complexity index is 1030. The predicted molar refractivity (Wildman–Crippen MR) is 172 cm³/mol. The van der Waals surface area contributed by atoms with Gasteiger partial charge in [-0.3, -0.25) is 28.8 Å². The molecule has 1 atom stereocenters. The molecule has 0 saturated heterocycles. The molecule has 48 heavy (non-hydrogen) atoms. The molecule has 0 aliphatic heterocycles. The van der Waals surface area contributed by atoms with Gasteiger partial charge in [-0.1, -0.05) is 12.3 Å². The van der Waals surface area contributed by atoms with Gasteiger partial charge >= 0.3 is 0 Å². The summed E-state index contributed by atoms with van der Waals surface area (Å²) >= 11 is 0. The summed E-state index contributed by atoms with van der Waals surface area (Å²) in [6, 6.07) is 0. The van der Waals surface area contributed by atoms with Crippen LogP contribution in [0.5, 0.6) is 0 Å². The average molecular weight is 685 g/mol. The summed E-state index contributed by atoms with van der Waals surface area (Å²) < 4.78 is 27.2. The van der Waals surface area contributed by atoms with Crippen LogP contribution >= 0.6 is 0 Å². The second kappa shape index (κ2) is 29.3. The van der Waals surface area contributed by atoms with Gasteiger partial charge in [-0.25, -0.2) is 0 Å². The first-order valence-corrected chi connectivity index (χ1v) is 16.3. The predicted octanol–water partition coefficient (Wildman–Crippen LogP) is -2.49. The summed E-state index contributed by atoms with van der Waals surface area (Å²) in [7, 11) is 0. The molecule has 6 N–H and O–H groups in total. The quantitative estimate of drug-likeness (QED) is 0.0393. The normalized spacial score (nSPS) is 13.9. The van der Waals surface area contributed by atoms with Gasteiger partial charge in [-0.05, 0) is 26.2 Å². The van der Waals surface area contributed by atoms with Crippen molar-refractivity contribution < 1.29 is 52.5 Å². The number of amides is 6. The molecule has 17 nitrogen and oxygen atoms in total. The van der Waals surface area contributed by atoms with Crippen molar-refractivity contribution in [1.29, 1.82) is 0 Å². The molecule has 0 aromatic heterocycles. The van der Waals surface area contributed by atoms with Crippen LogP contribution in [-0.4, -0.2) is 140 Å². The second-order valence-electron chi connectivity index (χ2n) is 10.3. The third-order valence-corrected chi connectivity index (χ3v) is 6.26. The van der Waals surface area contributed by atoms with Crippen molar-refractivity contribution in [3.8, 4) is 11.8 Å². The summed E-state index contributed by atoms with van der Waals surface area (Å²) in [5.74, 6) is 3.48. The number of hydrogen-bond acceptors (Lipinski definition) is 11. The Labute approximate surface area is 282 Å². The van der Waals surface area contributed by atoms with E-state index in [4.69, 9.17) is 23.7 Å². The number of carbonyl (C=O) groups excluding carboxylic acids is 6. The number of ether oxygens (including phenoxy) is 5. The van der Waals surface area contributed by atoms with Crippen molar-refractivity contribution in [2.75, 3.05) is 98.7 Å². The number of likely N-dealkylation sites (N-methyl/N-ethyl adjacent to an activating group) is 1. The Kier molecular flexibility index (Phi) is 25.8. The molecule has 0 aromatic rings. The van der Waals surface area contributed by atoms with Crippen LogP contribution in [0, 0.1) is 11.8 Å². The zero-order chi connectivity index (χ0) is 35.1. The number of rotatable bonds is 27. The van der Waals surface area contributed by atoms with Gasteiger partial charge in [-0.15, -0.1) is 5.92 Å². The molecule has 1 aliphatic carbocycles. The fourth-order valence-electron chi connectivity index (χ4n) is 3.77. The van der Waals surface area contributed by atoms with Crippen molar-refractivity contribution in [3.63, 3.8) is 0 Å². The molecule has 1 unspecified atom stereocenters. The van der Waals surface area contributed by atoms with Crippen molar-refractivity contribution in [2.24, 2.45) is 0 Å². The Morgan fingerprint density at radius 3 is 1.62 bits per heavy atom. The molecule has 0 aromatic carbocycles. The maximum Gasteiger partial charge on any atom is 0.246 e. The van der Waals surface area contributed by atoms with E-state index in [1.165, 1.54) is 0 Å². The summed E-state index contributed by atoms with van der Waals surface area (Å²) in [5, 5.41) is 14.6. The summed E-state index contributed by atoms with van der Waals surface area (Å²) in [6.45, 7) is 3.91. The smallest absolute Gasteiger partial charge is 0.246 e. The van der Waals surface area contributed by atoms with Crippen molar-refractivity contribution >= 4 is 35.4 Å². The van der Waals surface area contributed by atoms with Gasteiger partial charge in [-0.2, -0.15) is 0 Å². The van der Waals surface area contributed by atoms with E-state index in [0.29, 0.717) is 52.7 Å². The van der Waals surface area contributed by atoms with E-state index in [9.17, 15) is 28.8 Å². The molecule has 0 spiro atoms. The third kappa shape index (κ3) is 26.3. The fraction of sp³-hybridized carbons (Fsp3) is 0.742. The first-order chi connectivity index (χ1) is 23.3. The molecule has 1 rings (SSSR count). The maximum absolute atomic E-state index is 11.9. The second-order valence-corrected chi connectivity index (χ2v) is 10.3. The Morgan fingerprint density at radius 1 is 0.562 bits per heavy atom. The monoisotopic (exact) mass is 684 g/mol. The van der Waals surface area contributed by atoms with Crippen LogP contribution in [0.2, 0.25) is 0 Å². The topological polar surface area (TPSA) is 221 Å². The largest absolute Gasteiger partial charge is 0.379 e. The van der Waals surface area contributed by atoms with Crippen LogP contribution in [0.1, 0.15) is 45.4 Å². The van der Waals surface area contributed by atoms with Crippen LogP contribution < -0.4 is 31.9 Å². The molecule has 0 bridgehead atoms. The van der Waals surface area contributed by atoms with E-state index in [1.54, 1.807) is 6.92 Å². The lowest BCUT2D eigenvalue weighted by Crippen LogP contribution is -2.45. The molecule has 17 heteroatoms. The molecular weight excluding hydrogens is 632 g/mol.